The van der Waals surface area contributed by atoms with Crippen LogP contribution < -0.4 is 10.2 Å². The van der Waals surface area contributed by atoms with Crippen LogP contribution in [0.25, 0.3) is 0 Å². The quantitative estimate of drug-likeness (QED) is 0.517. The lowest BCUT2D eigenvalue weighted by molar-refractivity contribution is 0.146. The second-order valence-corrected chi connectivity index (χ2v) is 3.29. The third-order valence-corrected chi connectivity index (χ3v) is 1.93. The van der Waals surface area contributed by atoms with Gasteiger partial charge in [0.1, 0.15) is 12.4 Å². The van der Waals surface area contributed by atoms with Gasteiger partial charge in [0, 0.05) is 7.11 Å². The molecule has 0 spiro atoms. The maximum Gasteiger partial charge on any atom is 0.488 e. The number of ether oxygens (including phenoxy) is 2. The Labute approximate surface area is 89.6 Å². The van der Waals surface area contributed by atoms with Gasteiger partial charge in [-0.3, -0.25) is 0 Å². The zero-order valence-corrected chi connectivity index (χ0v) is 8.93. The molecule has 1 aromatic carbocycles. The van der Waals surface area contributed by atoms with Crippen molar-refractivity contribution in [2.45, 2.75) is 6.92 Å². The summed E-state index contributed by atoms with van der Waals surface area (Å²) in [7, 11) is 0.136. The van der Waals surface area contributed by atoms with Gasteiger partial charge in [-0.2, -0.15) is 0 Å². The first kappa shape index (κ1) is 12.0. The summed E-state index contributed by atoms with van der Waals surface area (Å²) in [5.41, 5.74) is 1.36. The summed E-state index contributed by atoms with van der Waals surface area (Å²) < 4.78 is 10.2. The van der Waals surface area contributed by atoms with Crippen molar-refractivity contribution in [1.82, 2.24) is 0 Å². The summed E-state index contributed by atoms with van der Waals surface area (Å²) in [5.74, 6) is 0.621. The number of hydrogen-bond acceptors (Lipinski definition) is 4. The molecule has 0 atom stereocenters. The largest absolute Gasteiger partial charge is 0.491 e. The molecule has 0 aliphatic carbocycles. The molecule has 1 aromatic rings. The van der Waals surface area contributed by atoms with Crippen LogP contribution in [0.1, 0.15) is 5.56 Å². The summed E-state index contributed by atoms with van der Waals surface area (Å²) in [6.07, 6.45) is 0. The third kappa shape index (κ3) is 3.91. The Balaban J connectivity index is 2.71. The molecule has 0 amide bonds. The highest BCUT2D eigenvalue weighted by Gasteiger charge is 2.12. The van der Waals surface area contributed by atoms with E-state index in [-0.39, 0.29) is 0 Å². The highest BCUT2D eigenvalue weighted by Crippen LogP contribution is 2.11. The Morgan fingerprint density at radius 3 is 2.53 bits per heavy atom. The number of methoxy groups -OCH3 is 1. The van der Waals surface area contributed by atoms with Crippen molar-refractivity contribution in [1.29, 1.82) is 0 Å². The predicted octanol–water partition coefficient (Wildman–Crippen LogP) is -0.300. The molecule has 4 nitrogen and oxygen atoms in total. The Morgan fingerprint density at radius 2 is 1.93 bits per heavy atom. The zero-order valence-electron chi connectivity index (χ0n) is 8.93. The fraction of sp³-hybridized carbons (Fsp3) is 0.400. The maximum atomic E-state index is 9.02. The highest BCUT2D eigenvalue weighted by atomic mass is 16.5. The van der Waals surface area contributed by atoms with Crippen molar-refractivity contribution in [3.8, 4) is 5.75 Å². The van der Waals surface area contributed by atoms with Gasteiger partial charge in [-0.1, -0.05) is 6.07 Å². The average Bonchev–Trinajstić information content (AvgIpc) is 2.17. The summed E-state index contributed by atoms with van der Waals surface area (Å²) >= 11 is 0. The predicted molar refractivity (Wildman–Crippen MR) is 58.4 cm³/mol. The Hall–Kier alpha value is -1.04. The van der Waals surface area contributed by atoms with E-state index in [1.54, 1.807) is 19.2 Å². The van der Waals surface area contributed by atoms with E-state index in [2.05, 4.69) is 0 Å². The molecule has 0 saturated heterocycles. The standard InChI is InChI=1S/C10H15BO4/c1-8-5-9(11(12)13)7-10(6-8)15-4-3-14-2/h5-7,12-13H,3-4H2,1-2H3. The molecule has 5 heteroatoms. The van der Waals surface area contributed by atoms with Gasteiger partial charge < -0.3 is 19.5 Å². The molecule has 0 fully saturated rings. The van der Waals surface area contributed by atoms with Crippen molar-refractivity contribution in [2.75, 3.05) is 20.3 Å². The van der Waals surface area contributed by atoms with Gasteiger partial charge >= 0.3 is 7.12 Å². The topological polar surface area (TPSA) is 58.9 Å². The Morgan fingerprint density at radius 1 is 1.20 bits per heavy atom. The molecular formula is C10H15BO4. The van der Waals surface area contributed by atoms with E-state index in [4.69, 9.17) is 19.5 Å². The fourth-order valence-corrected chi connectivity index (χ4v) is 1.25. The number of benzene rings is 1. The molecular weight excluding hydrogens is 195 g/mol. The van der Waals surface area contributed by atoms with Crippen molar-refractivity contribution in [2.24, 2.45) is 0 Å². The van der Waals surface area contributed by atoms with E-state index < -0.39 is 7.12 Å². The highest BCUT2D eigenvalue weighted by molar-refractivity contribution is 6.58. The summed E-state index contributed by atoms with van der Waals surface area (Å²) in [6.45, 7) is 2.82. The van der Waals surface area contributed by atoms with Crippen molar-refractivity contribution < 1.29 is 19.5 Å². The number of aryl methyl sites for hydroxylation is 1. The normalized spacial score (nSPS) is 10.1. The van der Waals surface area contributed by atoms with Gasteiger partial charge in [0.15, 0.2) is 0 Å². The second kappa shape index (κ2) is 5.75. The van der Waals surface area contributed by atoms with Crippen LogP contribution in [0.5, 0.6) is 5.75 Å². The summed E-state index contributed by atoms with van der Waals surface area (Å²) in [5, 5.41) is 18.0. The van der Waals surface area contributed by atoms with Gasteiger partial charge in [0.2, 0.25) is 0 Å². The van der Waals surface area contributed by atoms with E-state index in [9.17, 15) is 0 Å². The monoisotopic (exact) mass is 210 g/mol. The molecule has 0 aliphatic rings. The van der Waals surface area contributed by atoms with Crippen molar-refractivity contribution >= 4 is 12.6 Å². The zero-order chi connectivity index (χ0) is 11.3. The van der Waals surface area contributed by atoms with Crippen LogP contribution >= 0.6 is 0 Å². The van der Waals surface area contributed by atoms with E-state index in [0.29, 0.717) is 24.4 Å². The van der Waals surface area contributed by atoms with Gasteiger partial charge in [-0.05, 0) is 30.1 Å². The van der Waals surface area contributed by atoms with E-state index in [1.807, 2.05) is 13.0 Å². The summed E-state index contributed by atoms with van der Waals surface area (Å²) in [4.78, 5) is 0. The lowest BCUT2D eigenvalue weighted by atomic mass is 9.79. The smallest absolute Gasteiger partial charge is 0.488 e. The summed E-state index contributed by atoms with van der Waals surface area (Å²) in [6, 6.07) is 5.14. The fourth-order valence-electron chi connectivity index (χ4n) is 1.25. The first-order valence-electron chi connectivity index (χ1n) is 4.73. The van der Waals surface area contributed by atoms with Crippen LogP contribution in [0.15, 0.2) is 18.2 Å². The van der Waals surface area contributed by atoms with Crippen LogP contribution in [0, 0.1) is 6.92 Å². The van der Waals surface area contributed by atoms with Crippen LogP contribution in [0.4, 0.5) is 0 Å². The molecule has 0 aromatic heterocycles. The minimum absolute atomic E-state index is 0.433. The van der Waals surface area contributed by atoms with Crippen molar-refractivity contribution in [3.63, 3.8) is 0 Å². The average molecular weight is 210 g/mol. The van der Waals surface area contributed by atoms with E-state index in [0.717, 1.165) is 5.56 Å². The van der Waals surface area contributed by atoms with Crippen LogP contribution in [0.3, 0.4) is 0 Å². The molecule has 0 bridgehead atoms. The molecule has 2 N–H and O–H groups in total. The van der Waals surface area contributed by atoms with E-state index >= 15 is 0 Å². The minimum atomic E-state index is -1.46. The third-order valence-electron chi connectivity index (χ3n) is 1.93. The maximum absolute atomic E-state index is 9.02. The molecule has 0 saturated carbocycles. The molecule has 0 unspecified atom stereocenters. The van der Waals surface area contributed by atoms with Gasteiger partial charge in [0.25, 0.3) is 0 Å². The number of hydrogen-bond donors (Lipinski definition) is 2. The first-order chi connectivity index (χ1) is 7.13. The SMILES string of the molecule is COCCOc1cc(C)cc(B(O)O)c1. The molecule has 0 radical (unpaired) electrons. The van der Waals surface area contributed by atoms with Crippen LogP contribution in [-0.2, 0) is 4.74 Å². The van der Waals surface area contributed by atoms with Gasteiger partial charge in [-0.15, -0.1) is 0 Å². The molecule has 0 heterocycles. The van der Waals surface area contributed by atoms with Crippen LogP contribution in [-0.4, -0.2) is 37.5 Å². The van der Waals surface area contributed by atoms with Crippen molar-refractivity contribution in [3.05, 3.63) is 23.8 Å². The van der Waals surface area contributed by atoms with Gasteiger partial charge in [-0.25, -0.2) is 0 Å². The molecule has 0 aliphatic heterocycles. The molecule has 82 valence electrons. The van der Waals surface area contributed by atoms with E-state index in [1.165, 1.54) is 0 Å². The lowest BCUT2D eigenvalue weighted by Gasteiger charge is -2.08. The molecule has 15 heavy (non-hydrogen) atoms. The van der Waals surface area contributed by atoms with Gasteiger partial charge in [0.05, 0.1) is 6.61 Å². The second-order valence-electron chi connectivity index (χ2n) is 3.29. The van der Waals surface area contributed by atoms with Crippen LogP contribution in [0.2, 0.25) is 0 Å². The first-order valence-corrected chi connectivity index (χ1v) is 4.73. The lowest BCUT2D eigenvalue weighted by Crippen LogP contribution is -2.30. The Bertz CT molecular complexity index is 314. The number of rotatable bonds is 5. The minimum Gasteiger partial charge on any atom is -0.491 e. The molecule has 1 rings (SSSR count). The Kier molecular flexibility index (Phi) is 4.61.